The number of aryl methyl sites for hydroxylation is 3. The summed E-state index contributed by atoms with van der Waals surface area (Å²) >= 11 is 6.38. The molecule has 3 aromatic rings. The lowest BCUT2D eigenvalue weighted by Gasteiger charge is -2.37. The van der Waals surface area contributed by atoms with Crippen LogP contribution in [0.25, 0.3) is 0 Å². The zero-order valence-electron chi connectivity index (χ0n) is 18.0. The monoisotopic (exact) mass is 477 g/mol. The Morgan fingerprint density at radius 1 is 1.03 bits per heavy atom. The molecule has 1 aromatic heterocycles. The van der Waals surface area contributed by atoms with Gasteiger partial charge in [0.25, 0.3) is 0 Å². The molecule has 0 spiro atoms. The Bertz CT molecular complexity index is 1150. The molecule has 0 aliphatic heterocycles. The van der Waals surface area contributed by atoms with Crippen LogP contribution in [-0.2, 0) is 18.4 Å². The third-order valence-electron chi connectivity index (χ3n) is 5.83. The molecule has 0 bridgehead atoms. The predicted octanol–water partition coefficient (Wildman–Crippen LogP) is 6.08. The SMILES string of the molecule is Cc1cc(C(O)(C(C)c2ccc(CCc3ccc(C(=O)O)cc3)cc2Cl)C(F)(F)F)ccn1. The van der Waals surface area contributed by atoms with E-state index in [1.807, 2.05) is 0 Å². The number of pyridine rings is 1. The van der Waals surface area contributed by atoms with E-state index >= 15 is 0 Å². The summed E-state index contributed by atoms with van der Waals surface area (Å²) in [4.78, 5) is 14.9. The van der Waals surface area contributed by atoms with Crippen molar-refractivity contribution in [3.63, 3.8) is 0 Å². The second-order valence-electron chi connectivity index (χ2n) is 8.03. The van der Waals surface area contributed by atoms with E-state index in [-0.39, 0.29) is 21.7 Å². The van der Waals surface area contributed by atoms with E-state index < -0.39 is 23.7 Å². The molecule has 0 aliphatic rings. The normalized spacial score (nSPS) is 14.5. The third kappa shape index (κ3) is 5.20. The minimum absolute atomic E-state index is 0.134. The first-order valence-corrected chi connectivity index (χ1v) is 10.6. The summed E-state index contributed by atoms with van der Waals surface area (Å²) in [5.41, 5.74) is -0.957. The van der Waals surface area contributed by atoms with Crippen LogP contribution in [0.4, 0.5) is 13.2 Å². The molecule has 8 heteroatoms. The van der Waals surface area contributed by atoms with Gasteiger partial charge in [-0.3, -0.25) is 4.98 Å². The Morgan fingerprint density at radius 2 is 1.64 bits per heavy atom. The van der Waals surface area contributed by atoms with Crippen LogP contribution in [-0.4, -0.2) is 27.3 Å². The highest BCUT2D eigenvalue weighted by atomic mass is 35.5. The maximum Gasteiger partial charge on any atom is 0.422 e. The summed E-state index contributed by atoms with van der Waals surface area (Å²) < 4.78 is 42.3. The van der Waals surface area contributed by atoms with E-state index in [0.717, 1.165) is 17.2 Å². The van der Waals surface area contributed by atoms with Gasteiger partial charge in [-0.1, -0.05) is 42.8 Å². The summed E-state index contributed by atoms with van der Waals surface area (Å²) in [6.45, 7) is 2.86. The predicted molar refractivity (Wildman–Crippen MR) is 120 cm³/mol. The van der Waals surface area contributed by atoms with Crippen molar-refractivity contribution in [3.8, 4) is 0 Å². The zero-order valence-corrected chi connectivity index (χ0v) is 18.8. The summed E-state index contributed by atoms with van der Waals surface area (Å²) in [6.07, 6.45) is -2.53. The molecule has 0 aliphatic carbocycles. The Morgan fingerprint density at radius 3 is 2.18 bits per heavy atom. The van der Waals surface area contributed by atoms with Crippen molar-refractivity contribution in [2.24, 2.45) is 0 Å². The van der Waals surface area contributed by atoms with Crippen molar-refractivity contribution in [2.45, 2.75) is 44.4 Å². The quantitative estimate of drug-likeness (QED) is 0.432. The Hall–Kier alpha value is -2.90. The lowest BCUT2D eigenvalue weighted by atomic mass is 9.77. The van der Waals surface area contributed by atoms with Gasteiger partial charge in [-0.2, -0.15) is 13.2 Å². The van der Waals surface area contributed by atoms with E-state index in [1.165, 1.54) is 37.4 Å². The van der Waals surface area contributed by atoms with Gasteiger partial charge in [-0.25, -0.2) is 4.79 Å². The molecular formula is C25H23ClF3NO3. The van der Waals surface area contributed by atoms with Gasteiger partial charge >= 0.3 is 12.1 Å². The van der Waals surface area contributed by atoms with Crippen LogP contribution in [0.5, 0.6) is 0 Å². The van der Waals surface area contributed by atoms with Gasteiger partial charge < -0.3 is 10.2 Å². The fourth-order valence-electron chi connectivity index (χ4n) is 3.85. The van der Waals surface area contributed by atoms with Crippen LogP contribution in [0, 0.1) is 6.92 Å². The first-order chi connectivity index (χ1) is 15.4. The van der Waals surface area contributed by atoms with Gasteiger partial charge in [0, 0.05) is 22.8 Å². The molecule has 174 valence electrons. The van der Waals surface area contributed by atoms with Crippen LogP contribution >= 0.6 is 11.6 Å². The van der Waals surface area contributed by atoms with Crippen molar-refractivity contribution < 1.29 is 28.2 Å². The lowest BCUT2D eigenvalue weighted by Crippen LogP contribution is -2.46. The van der Waals surface area contributed by atoms with Gasteiger partial charge in [-0.05, 0) is 72.4 Å². The number of carbonyl (C=O) groups is 1. The van der Waals surface area contributed by atoms with E-state index in [9.17, 15) is 23.1 Å². The molecule has 0 saturated heterocycles. The van der Waals surface area contributed by atoms with Crippen molar-refractivity contribution in [1.82, 2.24) is 4.98 Å². The number of hydrogen-bond donors (Lipinski definition) is 2. The van der Waals surface area contributed by atoms with E-state index in [2.05, 4.69) is 4.98 Å². The Balaban J connectivity index is 1.84. The topological polar surface area (TPSA) is 70.4 Å². The maximum atomic E-state index is 14.1. The molecular weight excluding hydrogens is 455 g/mol. The molecule has 0 saturated carbocycles. The largest absolute Gasteiger partial charge is 0.478 e. The average molecular weight is 478 g/mol. The summed E-state index contributed by atoms with van der Waals surface area (Å²) in [5.74, 6) is -2.37. The Labute approximate surface area is 194 Å². The second-order valence-corrected chi connectivity index (χ2v) is 8.44. The molecule has 3 rings (SSSR count). The first-order valence-electron chi connectivity index (χ1n) is 10.3. The highest BCUT2D eigenvalue weighted by Crippen LogP contribution is 2.49. The number of nitrogens with zero attached hydrogens (tertiary/aromatic N) is 1. The summed E-state index contributed by atoms with van der Waals surface area (Å²) in [5, 5.41) is 20.0. The van der Waals surface area contributed by atoms with Crippen LogP contribution in [0.3, 0.4) is 0 Å². The molecule has 2 N–H and O–H groups in total. The average Bonchev–Trinajstić information content (AvgIpc) is 2.76. The van der Waals surface area contributed by atoms with Crippen LogP contribution in [0.1, 0.15) is 51.1 Å². The van der Waals surface area contributed by atoms with Gasteiger partial charge in [0.1, 0.15) is 0 Å². The number of carboxylic acids is 1. The summed E-state index contributed by atoms with van der Waals surface area (Å²) in [6, 6.07) is 13.7. The molecule has 0 fully saturated rings. The van der Waals surface area contributed by atoms with E-state index in [1.54, 1.807) is 31.2 Å². The molecule has 2 unspecified atom stereocenters. The number of aliphatic hydroxyl groups is 1. The third-order valence-corrected chi connectivity index (χ3v) is 6.16. The van der Waals surface area contributed by atoms with E-state index in [0.29, 0.717) is 18.5 Å². The molecule has 0 radical (unpaired) electrons. The van der Waals surface area contributed by atoms with Crippen molar-refractivity contribution >= 4 is 17.6 Å². The summed E-state index contributed by atoms with van der Waals surface area (Å²) in [7, 11) is 0. The molecule has 2 atom stereocenters. The number of aromatic carboxylic acids is 1. The molecule has 4 nitrogen and oxygen atoms in total. The smallest absolute Gasteiger partial charge is 0.422 e. The highest BCUT2D eigenvalue weighted by Gasteiger charge is 2.59. The number of rotatable bonds is 7. The number of alkyl halides is 3. The number of benzene rings is 2. The van der Waals surface area contributed by atoms with Gasteiger partial charge in [-0.15, -0.1) is 0 Å². The van der Waals surface area contributed by atoms with Gasteiger partial charge in [0.15, 0.2) is 5.60 Å². The molecule has 1 heterocycles. The van der Waals surface area contributed by atoms with Crippen LogP contribution in [0.15, 0.2) is 60.8 Å². The standard InChI is InChI=1S/C25H23ClF3NO3/c1-15-13-20(11-12-30-15)24(33,25(27,28)29)16(2)21-10-7-18(14-22(21)26)4-3-17-5-8-19(9-6-17)23(31)32/h5-14,16,33H,3-4H2,1-2H3,(H,31,32). The number of halogens is 4. The molecule has 0 amide bonds. The van der Waals surface area contributed by atoms with Crippen LogP contribution in [0.2, 0.25) is 5.02 Å². The lowest BCUT2D eigenvalue weighted by molar-refractivity contribution is -0.274. The fourth-order valence-corrected chi connectivity index (χ4v) is 4.21. The van der Waals surface area contributed by atoms with Crippen molar-refractivity contribution in [3.05, 3.63) is 99.3 Å². The fraction of sp³-hybridized carbons (Fsp3) is 0.280. The van der Waals surface area contributed by atoms with E-state index in [4.69, 9.17) is 16.7 Å². The second kappa shape index (κ2) is 9.53. The number of hydrogen-bond acceptors (Lipinski definition) is 3. The maximum absolute atomic E-state index is 14.1. The minimum Gasteiger partial charge on any atom is -0.478 e. The highest BCUT2D eigenvalue weighted by molar-refractivity contribution is 6.31. The van der Waals surface area contributed by atoms with Gasteiger partial charge in [0.2, 0.25) is 0 Å². The van der Waals surface area contributed by atoms with Crippen molar-refractivity contribution in [1.29, 1.82) is 0 Å². The molecule has 2 aromatic carbocycles. The van der Waals surface area contributed by atoms with Crippen LogP contribution < -0.4 is 0 Å². The minimum atomic E-state index is -4.94. The number of aromatic nitrogens is 1. The van der Waals surface area contributed by atoms with Gasteiger partial charge in [0.05, 0.1) is 5.56 Å². The Kier molecular flexibility index (Phi) is 7.14. The molecule has 33 heavy (non-hydrogen) atoms. The number of carboxylic acid groups (broad SMARTS) is 1. The zero-order chi connectivity index (χ0) is 24.4. The van der Waals surface area contributed by atoms with Crippen molar-refractivity contribution in [2.75, 3.05) is 0 Å². The first kappa shape index (κ1) is 24.7.